The second-order valence-corrected chi connectivity index (χ2v) is 7.12. The third-order valence-electron chi connectivity index (χ3n) is 5.05. The lowest BCUT2D eigenvalue weighted by molar-refractivity contribution is 0.361. The van der Waals surface area contributed by atoms with Gasteiger partial charge in [-0.2, -0.15) is 0 Å². The average molecular weight is 287 g/mol. The molecule has 0 amide bonds. The van der Waals surface area contributed by atoms with Crippen LogP contribution in [0.1, 0.15) is 51.5 Å². The van der Waals surface area contributed by atoms with Crippen molar-refractivity contribution in [3.05, 3.63) is 24.0 Å². The zero-order chi connectivity index (χ0) is 14.7. The van der Waals surface area contributed by atoms with Gasteiger partial charge < -0.3 is 10.2 Å². The third-order valence-corrected chi connectivity index (χ3v) is 5.05. The number of nitrogens with one attached hydrogen (secondary N) is 1. The van der Waals surface area contributed by atoms with E-state index in [1.165, 1.54) is 49.9 Å². The fraction of sp³-hybridized carbons (Fsp3) is 0.722. The molecule has 1 aromatic heterocycles. The predicted octanol–water partition coefficient (Wildman–Crippen LogP) is 3.60. The molecule has 0 radical (unpaired) electrons. The highest BCUT2D eigenvalue weighted by Crippen LogP contribution is 2.39. The summed E-state index contributed by atoms with van der Waals surface area (Å²) in [6, 6.07) is 3.01. The number of nitrogens with zero attached hydrogens (tertiary/aromatic N) is 2. The van der Waals surface area contributed by atoms with Crippen molar-refractivity contribution in [3.8, 4) is 0 Å². The van der Waals surface area contributed by atoms with Crippen molar-refractivity contribution in [2.24, 2.45) is 11.8 Å². The first-order chi connectivity index (χ1) is 10.3. The molecule has 1 saturated carbocycles. The molecule has 2 atom stereocenters. The number of piperidine rings is 1. The molecule has 0 aromatic carbocycles. The highest BCUT2D eigenvalue weighted by atomic mass is 15.2. The molecule has 1 aliphatic carbocycles. The minimum absolute atomic E-state index is 0.694. The lowest BCUT2D eigenvalue weighted by Crippen LogP contribution is -2.43. The molecule has 2 fully saturated rings. The highest BCUT2D eigenvalue weighted by Gasteiger charge is 2.35. The van der Waals surface area contributed by atoms with Crippen LogP contribution in [0.2, 0.25) is 0 Å². The van der Waals surface area contributed by atoms with Gasteiger partial charge in [-0.1, -0.05) is 20.3 Å². The van der Waals surface area contributed by atoms with Crippen LogP contribution < -0.4 is 10.2 Å². The van der Waals surface area contributed by atoms with E-state index in [-0.39, 0.29) is 0 Å². The van der Waals surface area contributed by atoms with Gasteiger partial charge in [-0.3, -0.25) is 4.98 Å². The summed E-state index contributed by atoms with van der Waals surface area (Å²) in [7, 11) is 0. The third kappa shape index (κ3) is 3.39. The smallest absolute Gasteiger partial charge is 0.0445 e. The lowest BCUT2D eigenvalue weighted by Gasteiger charge is -2.40. The second kappa shape index (κ2) is 6.78. The molecule has 116 valence electrons. The molecule has 3 nitrogen and oxygen atoms in total. The van der Waals surface area contributed by atoms with Crippen LogP contribution in [0.3, 0.4) is 0 Å². The highest BCUT2D eigenvalue weighted by molar-refractivity contribution is 5.53. The minimum atomic E-state index is 0.694. The number of rotatable bonds is 5. The molecule has 0 spiro atoms. The van der Waals surface area contributed by atoms with Gasteiger partial charge in [0.05, 0.1) is 0 Å². The van der Waals surface area contributed by atoms with Crippen LogP contribution in [0.4, 0.5) is 5.69 Å². The van der Waals surface area contributed by atoms with Crippen LogP contribution in [-0.2, 0) is 6.54 Å². The summed E-state index contributed by atoms with van der Waals surface area (Å²) in [5.41, 5.74) is 2.79. The number of pyridine rings is 1. The molecule has 3 rings (SSSR count). The molecule has 0 bridgehead atoms. The number of hydrogen-bond acceptors (Lipinski definition) is 3. The van der Waals surface area contributed by atoms with Crippen LogP contribution in [-0.4, -0.2) is 24.1 Å². The molecule has 2 aliphatic rings. The summed E-state index contributed by atoms with van der Waals surface area (Å²) >= 11 is 0. The van der Waals surface area contributed by atoms with Gasteiger partial charge in [-0.05, 0) is 50.1 Å². The molecule has 1 saturated heterocycles. The van der Waals surface area contributed by atoms with E-state index in [1.807, 2.05) is 6.20 Å². The first kappa shape index (κ1) is 14.8. The maximum Gasteiger partial charge on any atom is 0.0445 e. The zero-order valence-electron chi connectivity index (χ0n) is 13.5. The zero-order valence-corrected chi connectivity index (χ0v) is 13.5. The lowest BCUT2D eigenvalue weighted by atomic mass is 9.91. The molecule has 21 heavy (non-hydrogen) atoms. The Labute approximate surface area is 129 Å². The maximum absolute atomic E-state index is 4.36. The van der Waals surface area contributed by atoms with Crippen molar-refractivity contribution in [2.45, 2.75) is 58.5 Å². The van der Waals surface area contributed by atoms with Crippen LogP contribution in [0.15, 0.2) is 18.5 Å². The molecular formula is C18H29N3. The van der Waals surface area contributed by atoms with Crippen LogP contribution in [0.25, 0.3) is 0 Å². The predicted molar refractivity (Wildman–Crippen MR) is 88.5 cm³/mol. The van der Waals surface area contributed by atoms with E-state index in [1.54, 1.807) is 0 Å². The summed E-state index contributed by atoms with van der Waals surface area (Å²) in [6.07, 6.45) is 11.0. The van der Waals surface area contributed by atoms with Gasteiger partial charge in [0.1, 0.15) is 0 Å². The SMILES string of the molecule is CC(C)CNCc1cnccc1N1CCCC2CCCC21. The van der Waals surface area contributed by atoms with Gasteiger partial charge in [0, 0.05) is 42.8 Å². The molecule has 1 aliphatic heterocycles. The first-order valence-electron chi connectivity index (χ1n) is 8.66. The van der Waals surface area contributed by atoms with Crippen molar-refractivity contribution in [3.63, 3.8) is 0 Å². The van der Waals surface area contributed by atoms with E-state index in [4.69, 9.17) is 0 Å². The summed E-state index contributed by atoms with van der Waals surface area (Å²) in [6.45, 7) is 7.74. The van der Waals surface area contributed by atoms with Gasteiger partial charge >= 0.3 is 0 Å². The van der Waals surface area contributed by atoms with Gasteiger partial charge in [0.2, 0.25) is 0 Å². The second-order valence-electron chi connectivity index (χ2n) is 7.12. The van der Waals surface area contributed by atoms with Crippen LogP contribution in [0, 0.1) is 11.8 Å². The van der Waals surface area contributed by atoms with Crippen molar-refractivity contribution < 1.29 is 0 Å². The molecule has 3 heteroatoms. The van der Waals surface area contributed by atoms with E-state index in [0.29, 0.717) is 5.92 Å². The van der Waals surface area contributed by atoms with Crippen molar-refractivity contribution in [1.82, 2.24) is 10.3 Å². The Morgan fingerprint density at radius 2 is 2.14 bits per heavy atom. The summed E-state index contributed by atoms with van der Waals surface area (Å²) in [4.78, 5) is 7.05. The van der Waals surface area contributed by atoms with Crippen molar-refractivity contribution in [1.29, 1.82) is 0 Å². The van der Waals surface area contributed by atoms with E-state index >= 15 is 0 Å². The number of hydrogen-bond donors (Lipinski definition) is 1. The summed E-state index contributed by atoms with van der Waals surface area (Å²) in [5.74, 6) is 1.63. The Morgan fingerprint density at radius 1 is 1.29 bits per heavy atom. The minimum Gasteiger partial charge on any atom is -0.368 e. The Morgan fingerprint density at radius 3 is 3.00 bits per heavy atom. The first-order valence-corrected chi connectivity index (χ1v) is 8.66. The topological polar surface area (TPSA) is 28.2 Å². The maximum atomic E-state index is 4.36. The quantitative estimate of drug-likeness (QED) is 0.897. The van der Waals surface area contributed by atoms with Crippen LogP contribution in [0.5, 0.6) is 0 Å². The van der Waals surface area contributed by atoms with Gasteiger partial charge in [0.15, 0.2) is 0 Å². The molecular weight excluding hydrogens is 258 g/mol. The van der Waals surface area contributed by atoms with Crippen LogP contribution >= 0.6 is 0 Å². The number of aromatic nitrogens is 1. The summed E-state index contributed by atoms with van der Waals surface area (Å²) in [5, 5.41) is 3.57. The Hall–Kier alpha value is -1.09. The van der Waals surface area contributed by atoms with E-state index in [2.05, 4.69) is 41.3 Å². The van der Waals surface area contributed by atoms with E-state index < -0.39 is 0 Å². The Balaban J connectivity index is 1.74. The fourth-order valence-electron chi connectivity index (χ4n) is 4.08. The van der Waals surface area contributed by atoms with Crippen molar-refractivity contribution >= 4 is 5.69 Å². The van der Waals surface area contributed by atoms with E-state index in [9.17, 15) is 0 Å². The van der Waals surface area contributed by atoms with Gasteiger partial charge in [0.25, 0.3) is 0 Å². The fourth-order valence-corrected chi connectivity index (χ4v) is 4.08. The normalized spacial score (nSPS) is 25.4. The Kier molecular flexibility index (Phi) is 4.79. The largest absolute Gasteiger partial charge is 0.368 e. The standard InChI is InChI=1S/C18H29N3/c1-14(2)11-20-13-16-12-19-9-8-18(16)21-10-4-6-15-5-3-7-17(15)21/h8-9,12,14-15,17,20H,3-7,10-11,13H2,1-2H3. The summed E-state index contributed by atoms with van der Waals surface area (Å²) < 4.78 is 0. The average Bonchev–Trinajstić information content (AvgIpc) is 2.96. The van der Waals surface area contributed by atoms with E-state index in [0.717, 1.165) is 25.0 Å². The number of fused-ring (bicyclic) bond motifs is 1. The molecule has 1 aromatic rings. The number of anilines is 1. The molecule has 1 N–H and O–H groups in total. The van der Waals surface area contributed by atoms with Gasteiger partial charge in [-0.25, -0.2) is 0 Å². The molecule has 2 unspecified atom stereocenters. The van der Waals surface area contributed by atoms with Crippen molar-refractivity contribution in [2.75, 3.05) is 18.0 Å². The Bertz CT molecular complexity index is 458. The monoisotopic (exact) mass is 287 g/mol. The molecule has 2 heterocycles. The van der Waals surface area contributed by atoms with Gasteiger partial charge in [-0.15, -0.1) is 0 Å².